The van der Waals surface area contributed by atoms with E-state index in [1.54, 1.807) is 0 Å². The second-order valence-corrected chi connectivity index (χ2v) is 3.70. The fourth-order valence-corrected chi connectivity index (χ4v) is 1.72. The molecule has 0 aliphatic carbocycles. The Labute approximate surface area is 131 Å². The molecule has 0 bridgehead atoms. The SMILES string of the molecule is CC.COC(=O)C(C(=O)OC)c1c([N+](=O)[O-])cccc1[N+](=O)[O-]. The van der Waals surface area contributed by atoms with Crippen LogP contribution in [-0.2, 0) is 19.1 Å². The van der Waals surface area contributed by atoms with Crippen LogP contribution < -0.4 is 0 Å². The second kappa shape index (κ2) is 9.07. The summed E-state index contributed by atoms with van der Waals surface area (Å²) in [5.41, 5.74) is -2.17. The van der Waals surface area contributed by atoms with Crippen molar-refractivity contribution < 1.29 is 28.9 Å². The third-order valence-corrected chi connectivity index (χ3v) is 2.62. The van der Waals surface area contributed by atoms with Crippen LogP contribution in [0.4, 0.5) is 11.4 Å². The van der Waals surface area contributed by atoms with Crippen molar-refractivity contribution in [1.82, 2.24) is 0 Å². The molecule has 0 aliphatic heterocycles. The quantitative estimate of drug-likeness (QED) is 0.346. The number of nitrogens with zero attached hydrogens (tertiary/aromatic N) is 2. The summed E-state index contributed by atoms with van der Waals surface area (Å²) in [5.74, 6) is -4.31. The fourth-order valence-electron chi connectivity index (χ4n) is 1.72. The van der Waals surface area contributed by atoms with Crippen molar-refractivity contribution in [1.29, 1.82) is 0 Å². The van der Waals surface area contributed by atoms with Gasteiger partial charge in [-0.15, -0.1) is 0 Å². The number of nitro benzene ring substituents is 2. The zero-order chi connectivity index (χ0) is 18.2. The summed E-state index contributed by atoms with van der Waals surface area (Å²) in [5, 5.41) is 22.0. The minimum atomic E-state index is -1.91. The van der Waals surface area contributed by atoms with Crippen LogP contribution in [0.3, 0.4) is 0 Å². The van der Waals surface area contributed by atoms with Crippen molar-refractivity contribution in [3.63, 3.8) is 0 Å². The second-order valence-electron chi connectivity index (χ2n) is 3.70. The minimum absolute atomic E-state index is 0.675. The fraction of sp³-hybridized carbons (Fsp3) is 0.385. The molecular formula is C13H16N2O8. The van der Waals surface area contributed by atoms with Gasteiger partial charge >= 0.3 is 11.9 Å². The van der Waals surface area contributed by atoms with Gasteiger partial charge in [-0.3, -0.25) is 29.8 Å². The Kier molecular flexibility index (Phi) is 7.88. The van der Waals surface area contributed by atoms with Crippen LogP contribution in [0.1, 0.15) is 25.3 Å². The normalized spacial score (nSPS) is 9.43. The molecule has 0 radical (unpaired) electrons. The van der Waals surface area contributed by atoms with E-state index in [9.17, 15) is 29.8 Å². The number of esters is 2. The van der Waals surface area contributed by atoms with Gasteiger partial charge < -0.3 is 9.47 Å². The number of hydrogen-bond acceptors (Lipinski definition) is 8. The van der Waals surface area contributed by atoms with Crippen LogP contribution in [0.25, 0.3) is 0 Å². The van der Waals surface area contributed by atoms with Gasteiger partial charge in [-0.1, -0.05) is 13.8 Å². The maximum Gasteiger partial charge on any atom is 0.325 e. The summed E-state index contributed by atoms with van der Waals surface area (Å²) in [7, 11) is 1.89. The Bertz CT molecular complexity index is 566. The molecule has 0 saturated carbocycles. The largest absolute Gasteiger partial charge is 0.468 e. The lowest BCUT2D eigenvalue weighted by molar-refractivity contribution is -0.395. The molecule has 0 heterocycles. The van der Waals surface area contributed by atoms with E-state index >= 15 is 0 Å². The molecule has 0 unspecified atom stereocenters. The van der Waals surface area contributed by atoms with E-state index in [0.717, 1.165) is 32.4 Å². The third-order valence-electron chi connectivity index (χ3n) is 2.62. The number of methoxy groups -OCH3 is 2. The Morgan fingerprint density at radius 3 is 1.57 bits per heavy atom. The van der Waals surface area contributed by atoms with Crippen molar-refractivity contribution in [3.05, 3.63) is 44.0 Å². The summed E-state index contributed by atoms with van der Waals surface area (Å²) in [6.07, 6.45) is 0. The molecule has 0 amide bonds. The first-order valence-corrected chi connectivity index (χ1v) is 6.42. The molecule has 23 heavy (non-hydrogen) atoms. The van der Waals surface area contributed by atoms with Gasteiger partial charge in [0.2, 0.25) is 0 Å². The highest BCUT2D eigenvalue weighted by Crippen LogP contribution is 2.36. The number of benzene rings is 1. The number of carbonyl (C=O) groups is 2. The van der Waals surface area contributed by atoms with E-state index in [-0.39, 0.29) is 0 Å². The van der Waals surface area contributed by atoms with Gasteiger partial charge in [-0.2, -0.15) is 0 Å². The summed E-state index contributed by atoms with van der Waals surface area (Å²) >= 11 is 0. The predicted octanol–water partition coefficient (Wildman–Crippen LogP) is 1.96. The lowest BCUT2D eigenvalue weighted by Gasteiger charge is -2.13. The minimum Gasteiger partial charge on any atom is -0.468 e. The average Bonchev–Trinajstić information content (AvgIpc) is 2.56. The van der Waals surface area contributed by atoms with Gasteiger partial charge in [0.25, 0.3) is 11.4 Å². The van der Waals surface area contributed by atoms with E-state index < -0.39 is 44.6 Å². The molecule has 10 nitrogen and oxygen atoms in total. The van der Waals surface area contributed by atoms with Crippen LogP contribution in [0.2, 0.25) is 0 Å². The van der Waals surface area contributed by atoms with Crippen LogP contribution in [0, 0.1) is 20.2 Å². The molecule has 0 saturated heterocycles. The topological polar surface area (TPSA) is 139 Å². The molecule has 1 aromatic rings. The Hall–Kier alpha value is -3.04. The molecule has 0 N–H and O–H groups in total. The maximum absolute atomic E-state index is 11.7. The highest BCUT2D eigenvalue weighted by molar-refractivity contribution is 6.02. The summed E-state index contributed by atoms with van der Waals surface area (Å²) in [4.78, 5) is 43.5. The Balaban J connectivity index is 0.00000232. The van der Waals surface area contributed by atoms with Crippen molar-refractivity contribution >= 4 is 23.3 Å². The molecular weight excluding hydrogens is 312 g/mol. The monoisotopic (exact) mass is 328 g/mol. The molecule has 0 fully saturated rings. The van der Waals surface area contributed by atoms with Crippen LogP contribution >= 0.6 is 0 Å². The van der Waals surface area contributed by atoms with Crippen molar-refractivity contribution in [2.24, 2.45) is 0 Å². The molecule has 0 aromatic heterocycles. The molecule has 10 heteroatoms. The Morgan fingerprint density at radius 2 is 1.30 bits per heavy atom. The van der Waals surface area contributed by atoms with Gasteiger partial charge in [-0.05, 0) is 6.07 Å². The smallest absolute Gasteiger partial charge is 0.325 e. The van der Waals surface area contributed by atoms with E-state index in [1.807, 2.05) is 13.8 Å². The number of ether oxygens (including phenoxy) is 2. The summed E-state index contributed by atoms with van der Waals surface area (Å²) < 4.78 is 8.75. The van der Waals surface area contributed by atoms with Crippen molar-refractivity contribution in [2.45, 2.75) is 19.8 Å². The molecule has 126 valence electrons. The highest BCUT2D eigenvalue weighted by Gasteiger charge is 2.41. The summed E-state index contributed by atoms with van der Waals surface area (Å²) in [6.45, 7) is 4.00. The summed E-state index contributed by atoms with van der Waals surface area (Å²) in [6, 6.07) is 2.97. The first-order chi connectivity index (χ1) is 10.8. The first-order valence-electron chi connectivity index (χ1n) is 6.42. The lowest BCUT2D eigenvalue weighted by atomic mass is 9.95. The van der Waals surface area contributed by atoms with E-state index in [1.165, 1.54) is 0 Å². The van der Waals surface area contributed by atoms with Crippen LogP contribution in [0.5, 0.6) is 0 Å². The third kappa shape index (κ3) is 4.46. The highest BCUT2D eigenvalue weighted by atomic mass is 16.6. The zero-order valence-corrected chi connectivity index (χ0v) is 13.0. The van der Waals surface area contributed by atoms with Gasteiger partial charge in [-0.25, -0.2) is 0 Å². The number of carbonyl (C=O) groups excluding carboxylic acids is 2. The zero-order valence-electron chi connectivity index (χ0n) is 13.0. The van der Waals surface area contributed by atoms with Crippen LogP contribution in [0.15, 0.2) is 18.2 Å². The van der Waals surface area contributed by atoms with Crippen molar-refractivity contribution in [2.75, 3.05) is 14.2 Å². The van der Waals surface area contributed by atoms with E-state index in [2.05, 4.69) is 9.47 Å². The number of hydrogen-bond donors (Lipinski definition) is 0. The predicted molar refractivity (Wildman–Crippen MR) is 77.9 cm³/mol. The molecule has 1 aromatic carbocycles. The van der Waals surface area contributed by atoms with Gasteiger partial charge in [0.05, 0.1) is 24.1 Å². The van der Waals surface area contributed by atoms with Gasteiger partial charge in [0.1, 0.15) is 5.56 Å². The first kappa shape index (κ1) is 20.0. The maximum atomic E-state index is 11.7. The number of nitro groups is 2. The average molecular weight is 328 g/mol. The van der Waals surface area contributed by atoms with Gasteiger partial charge in [0.15, 0.2) is 5.92 Å². The van der Waals surface area contributed by atoms with E-state index in [4.69, 9.17) is 0 Å². The standard InChI is InChI=1S/C11H10N2O8.C2H6/c1-20-10(14)9(11(15)21-2)8-6(12(16)17)4-3-5-7(8)13(18)19;1-2/h3-5,9H,1-2H3;1-2H3. The Morgan fingerprint density at radius 1 is 0.957 bits per heavy atom. The van der Waals surface area contributed by atoms with Gasteiger partial charge in [0, 0.05) is 12.1 Å². The molecule has 0 spiro atoms. The lowest BCUT2D eigenvalue weighted by Crippen LogP contribution is -2.26. The molecule has 0 aliphatic rings. The van der Waals surface area contributed by atoms with Crippen molar-refractivity contribution in [3.8, 4) is 0 Å². The van der Waals surface area contributed by atoms with Crippen LogP contribution in [-0.4, -0.2) is 36.0 Å². The van der Waals surface area contributed by atoms with E-state index in [0.29, 0.717) is 0 Å². The number of rotatable bonds is 5. The molecule has 1 rings (SSSR count). The molecule has 0 atom stereocenters.